The lowest BCUT2D eigenvalue weighted by Gasteiger charge is -2.09. The summed E-state index contributed by atoms with van der Waals surface area (Å²) in [5, 5.41) is 9.93. The predicted molar refractivity (Wildman–Crippen MR) is 109 cm³/mol. The summed E-state index contributed by atoms with van der Waals surface area (Å²) in [6.45, 7) is 2.04. The van der Waals surface area contributed by atoms with E-state index in [-0.39, 0.29) is 0 Å². The molecular formula is C20H19N3OS. The minimum absolute atomic E-state index is 0.444. The largest absolute Gasteiger partial charge is 0.496 e. The number of hydrogen-bond acceptors (Lipinski definition) is 3. The van der Waals surface area contributed by atoms with Crippen molar-refractivity contribution in [3.63, 3.8) is 0 Å². The standard InChI is InChI=1S/C20H19N3OS/c1-14-6-5-7-16(12-14)22-20(25)23-21-13-15-10-11-19(24-2)18-9-4-3-8-17(15)18/h3-13H,1-2H3,(H2,22,23,25)/b21-13-. The van der Waals surface area contributed by atoms with Crippen molar-refractivity contribution in [1.29, 1.82) is 0 Å². The number of aryl methyl sites for hydroxylation is 1. The number of hydrazone groups is 1. The Labute approximate surface area is 152 Å². The van der Waals surface area contributed by atoms with Crippen molar-refractivity contribution in [2.24, 2.45) is 5.10 Å². The minimum Gasteiger partial charge on any atom is -0.496 e. The van der Waals surface area contributed by atoms with Gasteiger partial charge in [0.1, 0.15) is 5.75 Å². The number of fused-ring (bicyclic) bond motifs is 1. The van der Waals surface area contributed by atoms with Crippen LogP contribution in [-0.4, -0.2) is 18.4 Å². The van der Waals surface area contributed by atoms with Gasteiger partial charge < -0.3 is 10.1 Å². The van der Waals surface area contributed by atoms with Gasteiger partial charge in [0.2, 0.25) is 0 Å². The molecule has 4 nitrogen and oxygen atoms in total. The van der Waals surface area contributed by atoms with Gasteiger partial charge in [0, 0.05) is 16.6 Å². The number of thiocarbonyl (C=S) groups is 1. The zero-order chi connectivity index (χ0) is 17.6. The molecule has 2 N–H and O–H groups in total. The molecule has 0 heterocycles. The van der Waals surface area contributed by atoms with Crippen molar-refractivity contribution in [2.75, 3.05) is 12.4 Å². The van der Waals surface area contributed by atoms with E-state index in [4.69, 9.17) is 17.0 Å². The fraction of sp³-hybridized carbons (Fsp3) is 0.100. The van der Waals surface area contributed by atoms with Crippen molar-refractivity contribution in [1.82, 2.24) is 5.43 Å². The molecule has 5 heteroatoms. The molecule has 0 saturated heterocycles. The van der Waals surface area contributed by atoms with Gasteiger partial charge in [-0.3, -0.25) is 5.43 Å². The average Bonchev–Trinajstić information content (AvgIpc) is 2.62. The van der Waals surface area contributed by atoms with Gasteiger partial charge in [-0.2, -0.15) is 5.10 Å². The first-order valence-corrected chi connectivity index (χ1v) is 8.30. The third-order valence-corrected chi connectivity index (χ3v) is 3.98. The van der Waals surface area contributed by atoms with E-state index in [1.54, 1.807) is 13.3 Å². The van der Waals surface area contributed by atoms with Gasteiger partial charge in [-0.1, -0.05) is 36.4 Å². The van der Waals surface area contributed by atoms with E-state index in [0.29, 0.717) is 5.11 Å². The van der Waals surface area contributed by atoms with Crippen molar-refractivity contribution in [3.05, 3.63) is 71.8 Å². The molecular weight excluding hydrogens is 330 g/mol. The molecule has 126 valence electrons. The normalized spacial score (nSPS) is 10.8. The lowest BCUT2D eigenvalue weighted by molar-refractivity contribution is 0.420. The molecule has 0 bridgehead atoms. The van der Waals surface area contributed by atoms with E-state index < -0.39 is 0 Å². The van der Waals surface area contributed by atoms with Crippen LogP contribution in [0.25, 0.3) is 10.8 Å². The number of ether oxygens (including phenoxy) is 1. The highest BCUT2D eigenvalue weighted by Crippen LogP contribution is 2.27. The Kier molecular flexibility index (Phi) is 5.26. The molecule has 0 aliphatic carbocycles. The molecule has 0 atom stereocenters. The topological polar surface area (TPSA) is 45.6 Å². The number of benzene rings is 3. The summed E-state index contributed by atoms with van der Waals surface area (Å²) in [7, 11) is 1.67. The van der Waals surface area contributed by atoms with E-state index in [1.165, 1.54) is 5.56 Å². The molecule has 0 unspecified atom stereocenters. The summed E-state index contributed by atoms with van der Waals surface area (Å²) in [6, 6.07) is 20.0. The highest BCUT2D eigenvalue weighted by Gasteiger charge is 2.04. The highest BCUT2D eigenvalue weighted by atomic mass is 32.1. The first-order valence-electron chi connectivity index (χ1n) is 7.90. The van der Waals surface area contributed by atoms with E-state index in [0.717, 1.165) is 27.8 Å². The third-order valence-electron chi connectivity index (χ3n) is 3.78. The monoisotopic (exact) mass is 349 g/mol. The molecule has 3 aromatic carbocycles. The van der Waals surface area contributed by atoms with Gasteiger partial charge in [0.25, 0.3) is 0 Å². The number of rotatable bonds is 4. The Balaban J connectivity index is 1.72. The lowest BCUT2D eigenvalue weighted by atomic mass is 10.0. The molecule has 3 aromatic rings. The van der Waals surface area contributed by atoms with Gasteiger partial charge >= 0.3 is 0 Å². The fourth-order valence-electron chi connectivity index (χ4n) is 2.63. The van der Waals surface area contributed by atoms with Crippen LogP contribution < -0.4 is 15.5 Å². The Morgan fingerprint density at radius 1 is 1.04 bits per heavy atom. The molecule has 0 spiro atoms. The van der Waals surface area contributed by atoms with Crippen molar-refractivity contribution >= 4 is 40.0 Å². The summed E-state index contributed by atoms with van der Waals surface area (Å²) in [5.74, 6) is 0.845. The maximum atomic E-state index is 5.41. The molecule has 3 rings (SSSR count). The van der Waals surface area contributed by atoms with Crippen LogP contribution in [0.15, 0.2) is 65.8 Å². The summed E-state index contributed by atoms with van der Waals surface area (Å²) in [5.41, 5.74) is 5.94. The smallest absolute Gasteiger partial charge is 0.191 e. The van der Waals surface area contributed by atoms with Crippen LogP contribution in [0, 0.1) is 6.92 Å². The van der Waals surface area contributed by atoms with E-state index >= 15 is 0 Å². The van der Waals surface area contributed by atoms with Gasteiger partial charge in [-0.05, 0) is 54.4 Å². The van der Waals surface area contributed by atoms with Crippen LogP contribution in [0.1, 0.15) is 11.1 Å². The fourth-order valence-corrected chi connectivity index (χ4v) is 2.80. The van der Waals surface area contributed by atoms with Gasteiger partial charge in [-0.25, -0.2) is 0 Å². The number of nitrogens with zero attached hydrogens (tertiary/aromatic N) is 1. The van der Waals surface area contributed by atoms with Crippen molar-refractivity contribution in [3.8, 4) is 5.75 Å². The Bertz CT molecular complexity index is 937. The zero-order valence-corrected chi connectivity index (χ0v) is 14.9. The maximum Gasteiger partial charge on any atom is 0.191 e. The summed E-state index contributed by atoms with van der Waals surface area (Å²) in [4.78, 5) is 0. The van der Waals surface area contributed by atoms with Crippen LogP contribution in [-0.2, 0) is 0 Å². The molecule has 0 aliphatic rings. The summed E-state index contributed by atoms with van der Waals surface area (Å²) in [6.07, 6.45) is 1.76. The minimum atomic E-state index is 0.444. The molecule has 25 heavy (non-hydrogen) atoms. The van der Waals surface area contributed by atoms with Gasteiger partial charge in [-0.15, -0.1) is 0 Å². The SMILES string of the molecule is COc1ccc(/C=N\NC(=S)Nc2cccc(C)c2)c2ccccc12. The number of nitrogens with one attached hydrogen (secondary N) is 2. The van der Waals surface area contributed by atoms with E-state index in [1.807, 2.05) is 67.6 Å². The first kappa shape index (κ1) is 16.9. The molecule has 0 radical (unpaired) electrons. The second-order valence-corrected chi connectivity index (χ2v) is 6.00. The third kappa shape index (κ3) is 4.14. The first-order chi connectivity index (χ1) is 12.2. The maximum absolute atomic E-state index is 5.41. The van der Waals surface area contributed by atoms with Crippen LogP contribution in [0.4, 0.5) is 5.69 Å². The predicted octanol–water partition coefficient (Wildman–Crippen LogP) is 4.48. The summed E-state index contributed by atoms with van der Waals surface area (Å²) >= 11 is 5.27. The number of methoxy groups -OCH3 is 1. The van der Waals surface area contributed by atoms with E-state index in [9.17, 15) is 0 Å². The Morgan fingerprint density at radius 3 is 2.60 bits per heavy atom. The number of anilines is 1. The van der Waals surface area contributed by atoms with Crippen LogP contribution >= 0.6 is 12.2 Å². The zero-order valence-electron chi connectivity index (χ0n) is 14.1. The molecule has 0 saturated carbocycles. The molecule has 0 amide bonds. The van der Waals surface area contributed by atoms with Gasteiger partial charge in [0.15, 0.2) is 5.11 Å². The average molecular weight is 349 g/mol. The lowest BCUT2D eigenvalue weighted by Crippen LogP contribution is -2.23. The second-order valence-electron chi connectivity index (χ2n) is 5.60. The molecule has 0 aromatic heterocycles. The van der Waals surface area contributed by atoms with E-state index in [2.05, 4.69) is 15.8 Å². The van der Waals surface area contributed by atoms with Crippen LogP contribution in [0.2, 0.25) is 0 Å². The Morgan fingerprint density at radius 2 is 1.84 bits per heavy atom. The van der Waals surface area contributed by atoms with Crippen molar-refractivity contribution in [2.45, 2.75) is 6.92 Å². The summed E-state index contributed by atoms with van der Waals surface area (Å²) < 4.78 is 5.41. The molecule has 0 fully saturated rings. The van der Waals surface area contributed by atoms with Crippen LogP contribution in [0.5, 0.6) is 5.75 Å². The highest BCUT2D eigenvalue weighted by molar-refractivity contribution is 7.80. The quantitative estimate of drug-likeness (QED) is 0.414. The van der Waals surface area contributed by atoms with Crippen molar-refractivity contribution < 1.29 is 4.74 Å². The van der Waals surface area contributed by atoms with Crippen LogP contribution in [0.3, 0.4) is 0 Å². The molecule has 0 aliphatic heterocycles. The van der Waals surface area contributed by atoms with Gasteiger partial charge in [0.05, 0.1) is 13.3 Å². The second kappa shape index (κ2) is 7.77. The Hall–Kier alpha value is -2.92. The number of hydrogen-bond donors (Lipinski definition) is 2.